The fourth-order valence-electron chi connectivity index (χ4n) is 1.53. The second-order valence-corrected chi connectivity index (χ2v) is 4.05. The van der Waals surface area contributed by atoms with Crippen molar-refractivity contribution in [3.05, 3.63) is 35.6 Å². The molecule has 0 aliphatic carbocycles. The highest BCUT2D eigenvalue weighted by atomic mass is 19.1. The molecule has 0 saturated heterocycles. The zero-order chi connectivity index (χ0) is 14.6. The van der Waals surface area contributed by atoms with Crippen LogP contribution in [0, 0.1) is 5.82 Å². The molecule has 0 aliphatic heterocycles. The van der Waals surface area contributed by atoms with Crippen molar-refractivity contribution >= 4 is 5.96 Å². The second-order valence-electron chi connectivity index (χ2n) is 4.05. The third-order valence-electron chi connectivity index (χ3n) is 2.60. The van der Waals surface area contributed by atoms with Gasteiger partial charge in [-0.15, -0.1) is 0 Å². The smallest absolute Gasteiger partial charge is 0.191 e. The van der Waals surface area contributed by atoms with Gasteiger partial charge in [0.05, 0.1) is 19.8 Å². The quantitative estimate of drug-likeness (QED) is 0.427. The summed E-state index contributed by atoms with van der Waals surface area (Å²) >= 11 is 0. The monoisotopic (exact) mass is 283 g/mol. The van der Waals surface area contributed by atoms with Crippen LogP contribution in [0.3, 0.4) is 0 Å². The van der Waals surface area contributed by atoms with Gasteiger partial charge >= 0.3 is 0 Å². The number of benzene rings is 1. The van der Waals surface area contributed by atoms with Gasteiger partial charge in [-0.1, -0.05) is 18.2 Å². The van der Waals surface area contributed by atoms with E-state index in [1.165, 1.54) is 6.07 Å². The Balaban J connectivity index is 2.22. The average molecular weight is 283 g/mol. The second kappa shape index (κ2) is 10.2. The molecule has 1 aromatic carbocycles. The number of nitrogens with one attached hydrogen (secondary N) is 2. The maximum absolute atomic E-state index is 13.4. The number of aliphatic imine (C=N–C) groups is 1. The van der Waals surface area contributed by atoms with E-state index in [4.69, 9.17) is 9.47 Å². The molecule has 0 fully saturated rings. The van der Waals surface area contributed by atoms with E-state index in [9.17, 15) is 4.39 Å². The van der Waals surface area contributed by atoms with Gasteiger partial charge in [-0.05, 0) is 6.07 Å². The molecule has 1 rings (SSSR count). The lowest BCUT2D eigenvalue weighted by Gasteiger charge is -2.12. The van der Waals surface area contributed by atoms with Crippen LogP contribution in [-0.2, 0) is 16.0 Å². The van der Waals surface area contributed by atoms with E-state index in [0.717, 1.165) is 0 Å². The highest BCUT2D eigenvalue weighted by Gasteiger charge is 2.02. The van der Waals surface area contributed by atoms with Crippen LogP contribution in [0.25, 0.3) is 0 Å². The van der Waals surface area contributed by atoms with E-state index in [1.807, 2.05) is 0 Å². The summed E-state index contributed by atoms with van der Waals surface area (Å²) in [5.41, 5.74) is 0.604. The summed E-state index contributed by atoms with van der Waals surface area (Å²) in [4.78, 5) is 4.06. The van der Waals surface area contributed by atoms with Crippen molar-refractivity contribution in [3.63, 3.8) is 0 Å². The molecule has 0 heterocycles. The van der Waals surface area contributed by atoms with E-state index in [2.05, 4.69) is 15.6 Å². The van der Waals surface area contributed by atoms with Crippen LogP contribution in [-0.4, -0.2) is 46.5 Å². The lowest BCUT2D eigenvalue weighted by Crippen LogP contribution is -2.38. The van der Waals surface area contributed by atoms with Crippen LogP contribution < -0.4 is 10.6 Å². The number of nitrogens with zero attached hydrogens (tertiary/aromatic N) is 1. The maximum Gasteiger partial charge on any atom is 0.191 e. The van der Waals surface area contributed by atoms with Crippen LogP contribution in [0.4, 0.5) is 4.39 Å². The predicted molar refractivity (Wildman–Crippen MR) is 77.3 cm³/mol. The molecule has 0 saturated carbocycles. The Kier molecular flexibility index (Phi) is 8.33. The van der Waals surface area contributed by atoms with Gasteiger partial charge in [0, 0.05) is 32.8 Å². The number of hydrogen-bond donors (Lipinski definition) is 2. The summed E-state index contributed by atoms with van der Waals surface area (Å²) in [6.07, 6.45) is 0. The van der Waals surface area contributed by atoms with Crippen LogP contribution in [0.15, 0.2) is 29.3 Å². The molecule has 0 amide bonds. The van der Waals surface area contributed by atoms with Crippen molar-refractivity contribution in [1.82, 2.24) is 10.6 Å². The topological polar surface area (TPSA) is 54.9 Å². The third kappa shape index (κ3) is 6.49. The predicted octanol–water partition coefficient (Wildman–Crippen LogP) is 1.15. The van der Waals surface area contributed by atoms with Crippen molar-refractivity contribution < 1.29 is 13.9 Å². The zero-order valence-electron chi connectivity index (χ0n) is 12.0. The van der Waals surface area contributed by atoms with Crippen LogP contribution in [0.5, 0.6) is 0 Å². The average Bonchev–Trinajstić information content (AvgIpc) is 2.47. The molecule has 20 heavy (non-hydrogen) atoms. The highest BCUT2D eigenvalue weighted by Crippen LogP contribution is 2.05. The fourth-order valence-corrected chi connectivity index (χ4v) is 1.53. The van der Waals surface area contributed by atoms with Gasteiger partial charge in [-0.25, -0.2) is 4.39 Å². The molecular weight excluding hydrogens is 261 g/mol. The first-order valence-corrected chi connectivity index (χ1v) is 6.52. The minimum atomic E-state index is -0.224. The Morgan fingerprint density at radius 2 is 2.00 bits per heavy atom. The summed E-state index contributed by atoms with van der Waals surface area (Å²) in [5, 5.41) is 6.13. The van der Waals surface area contributed by atoms with Crippen molar-refractivity contribution in [2.75, 3.05) is 40.5 Å². The summed E-state index contributed by atoms with van der Waals surface area (Å²) < 4.78 is 23.6. The summed E-state index contributed by atoms with van der Waals surface area (Å²) in [6, 6.07) is 6.66. The molecule has 6 heteroatoms. The van der Waals surface area contributed by atoms with E-state index in [1.54, 1.807) is 32.4 Å². The largest absolute Gasteiger partial charge is 0.382 e. The molecule has 112 valence electrons. The third-order valence-corrected chi connectivity index (χ3v) is 2.60. The van der Waals surface area contributed by atoms with Gasteiger partial charge in [-0.2, -0.15) is 0 Å². The molecule has 0 spiro atoms. The molecule has 1 aromatic rings. The Bertz CT molecular complexity index is 413. The Labute approximate surface area is 119 Å². The van der Waals surface area contributed by atoms with E-state index < -0.39 is 0 Å². The molecule has 0 bridgehead atoms. The molecule has 0 radical (unpaired) electrons. The first-order valence-electron chi connectivity index (χ1n) is 6.52. The Morgan fingerprint density at radius 3 is 2.70 bits per heavy atom. The minimum absolute atomic E-state index is 0.224. The number of methoxy groups -OCH3 is 1. The van der Waals surface area contributed by atoms with E-state index >= 15 is 0 Å². The number of ether oxygens (including phenoxy) is 2. The molecule has 2 N–H and O–H groups in total. The number of guanidine groups is 1. The summed E-state index contributed by atoms with van der Waals surface area (Å²) in [6.45, 7) is 2.72. The normalized spacial score (nSPS) is 11.4. The molecule has 0 aromatic heterocycles. The van der Waals surface area contributed by atoms with Crippen LogP contribution in [0.2, 0.25) is 0 Å². The molecular formula is C14H22FN3O2. The van der Waals surface area contributed by atoms with Gasteiger partial charge < -0.3 is 20.1 Å². The minimum Gasteiger partial charge on any atom is -0.382 e. The van der Waals surface area contributed by atoms with E-state index in [-0.39, 0.29) is 5.82 Å². The SMILES string of the molecule is CN=C(NCCOCCOC)NCc1ccccc1F. The Morgan fingerprint density at radius 1 is 1.20 bits per heavy atom. The molecule has 0 aliphatic rings. The van der Waals surface area contributed by atoms with Gasteiger partial charge in [0.25, 0.3) is 0 Å². The zero-order valence-corrected chi connectivity index (χ0v) is 12.0. The lowest BCUT2D eigenvalue weighted by molar-refractivity contribution is 0.0733. The first-order chi connectivity index (χ1) is 9.77. The van der Waals surface area contributed by atoms with Gasteiger partial charge in [-0.3, -0.25) is 4.99 Å². The van der Waals surface area contributed by atoms with Crippen LogP contribution >= 0.6 is 0 Å². The Hall–Kier alpha value is -1.66. The number of rotatable bonds is 8. The van der Waals surface area contributed by atoms with Gasteiger partial charge in [0.15, 0.2) is 5.96 Å². The first kappa shape index (κ1) is 16.4. The van der Waals surface area contributed by atoms with Gasteiger partial charge in [0.1, 0.15) is 5.82 Å². The lowest BCUT2D eigenvalue weighted by atomic mass is 10.2. The molecule has 0 atom stereocenters. The molecule has 5 nitrogen and oxygen atoms in total. The summed E-state index contributed by atoms with van der Waals surface area (Å²) in [5.74, 6) is 0.391. The van der Waals surface area contributed by atoms with E-state index in [0.29, 0.717) is 44.4 Å². The standard InChI is InChI=1S/C14H22FN3O2/c1-16-14(17-7-8-20-10-9-19-2)18-11-12-5-3-4-6-13(12)15/h3-6H,7-11H2,1-2H3,(H2,16,17,18). The molecule has 0 unspecified atom stereocenters. The fraction of sp³-hybridized carbons (Fsp3) is 0.500. The maximum atomic E-state index is 13.4. The van der Waals surface area contributed by atoms with Crippen molar-refractivity contribution in [2.45, 2.75) is 6.54 Å². The van der Waals surface area contributed by atoms with Crippen molar-refractivity contribution in [2.24, 2.45) is 4.99 Å². The summed E-state index contributed by atoms with van der Waals surface area (Å²) in [7, 11) is 3.30. The van der Waals surface area contributed by atoms with Crippen molar-refractivity contribution in [3.8, 4) is 0 Å². The van der Waals surface area contributed by atoms with Gasteiger partial charge in [0.2, 0.25) is 0 Å². The van der Waals surface area contributed by atoms with Crippen molar-refractivity contribution in [1.29, 1.82) is 0 Å². The highest BCUT2D eigenvalue weighted by molar-refractivity contribution is 5.79. The van der Waals surface area contributed by atoms with Crippen LogP contribution in [0.1, 0.15) is 5.56 Å². The number of hydrogen-bond acceptors (Lipinski definition) is 3. The number of halogens is 1.